The molecule has 4 nitrogen and oxygen atoms in total. The lowest BCUT2D eigenvalue weighted by atomic mass is 10.00. The third kappa shape index (κ3) is 1.86. The summed E-state index contributed by atoms with van der Waals surface area (Å²) in [6.07, 6.45) is 3.70. The van der Waals surface area contributed by atoms with Gasteiger partial charge in [-0.15, -0.1) is 0 Å². The molecule has 19 heavy (non-hydrogen) atoms. The number of thiazole rings is 1. The zero-order chi connectivity index (χ0) is 12.7. The molecule has 1 unspecified atom stereocenters. The van der Waals surface area contributed by atoms with Gasteiger partial charge in [-0.3, -0.25) is 0 Å². The number of fused-ring (bicyclic) bond motifs is 3. The Morgan fingerprint density at radius 3 is 3.11 bits per heavy atom. The minimum atomic E-state index is 0.389. The monoisotopic (exact) mass is 270 g/mol. The maximum atomic E-state index is 4.32. The summed E-state index contributed by atoms with van der Waals surface area (Å²) >= 11 is 1.76. The van der Waals surface area contributed by atoms with Crippen molar-refractivity contribution in [3.05, 3.63) is 52.8 Å². The van der Waals surface area contributed by atoms with Crippen LogP contribution in [0.15, 0.2) is 36.7 Å². The lowest BCUT2D eigenvalue weighted by molar-refractivity contribution is 0.501. The number of hydrogen-bond donors (Lipinski definition) is 1. The fourth-order valence-electron chi connectivity index (χ4n) is 2.72. The first-order valence-corrected chi connectivity index (χ1v) is 7.32. The Morgan fingerprint density at radius 2 is 2.21 bits per heavy atom. The zero-order valence-corrected chi connectivity index (χ0v) is 11.2. The molecule has 0 spiro atoms. The molecule has 1 aliphatic heterocycles. The molecule has 0 saturated carbocycles. The topological polar surface area (TPSA) is 42.2 Å². The van der Waals surface area contributed by atoms with Crippen molar-refractivity contribution >= 4 is 16.3 Å². The van der Waals surface area contributed by atoms with Gasteiger partial charge in [0, 0.05) is 23.9 Å². The normalized spacial score (nSPS) is 18.6. The number of nitrogens with zero attached hydrogens (tertiary/aromatic N) is 3. The highest BCUT2D eigenvalue weighted by Crippen LogP contribution is 2.32. The van der Waals surface area contributed by atoms with Crippen molar-refractivity contribution in [3.8, 4) is 0 Å². The molecule has 0 amide bonds. The lowest BCUT2D eigenvalue weighted by Gasteiger charge is -2.23. The summed E-state index contributed by atoms with van der Waals surface area (Å²) in [5.41, 5.74) is 2.70. The van der Waals surface area contributed by atoms with Crippen molar-refractivity contribution < 1.29 is 0 Å². The molecule has 1 N–H and O–H groups in total. The van der Waals surface area contributed by atoms with Crippen molar-refractivity contribution in [1.82, 2.24) is 19.9 Å². The van der Waals surface area contributed by atoms with Gasteiger partial charge in [-0.25, -0.2) is 9.50 Å². The maximum Gasteiger partial charge on any atom is 0.212 e. The standard InChI is InChI=1S/C14H14N4S/c1-2-4-10(5-3-1)8-11-13-12(6-7-15-11)18-14(19-13)16-9-17-18/h1-5,9,11,15H,6-8H2. The zero-order valence-electron chi connectivity index (χ0n) is 10.4. The highest BCUT2D eigenvalue weighted by molar-refractivity contribution is 7.17. The molecule has 0 radical (unpaired) electrons. The van der Waals surface area contributed by atoms with Gasteiger partial charge in [0.25, 0.3) is 0 Å². The molecule has 0 aliphatic carbocycles. The molecule has 2 aromatic heterocycles. The van der Waals surface area contributed by atoms with Crippen LogP contribution < -0.4 is 5.32 Å². The van der Waals surface area contributed by atoms with E-state index >= 15 is 0 Å². The Bertz CT molecular complexity index is 701. The smallest absolute Gasteiger partial charge is 0.212 e. The van der Waals surface area contributed by atoms with Crippen LogP contribution in [0.2, 0.25) is 0 Å². The van der Waals surface area contributed by atoms with E-state index < -0.39 is 0 Å². The first-order chi connectivity index (χ1) is 9.42. The van der Waals surface area contributed by atoms with E-state index in [2.05, 4.69) is 45.7 Å². The van der Waals surface area contributed by atoms with E-state index in [9.17, 15) is 0 Å². The Balaban J connectivity index is 1.72. The van der Waals surface area contributed by atoms with Crippen molar-refractivity contribution in [2.24, 2.45) is 0 Å². The molecule has 1 aliphatic rings. The molecule has 3 heterocycles. The Kier molecular flexibility index (Phi) is 2.60. The van der Waals surface area contributed by atoms with Crippen LogP contribution in [0.4, 0.5) is 0 Å². The predicted molar refractivity (Wildman–Crippen MR) is 75.5 cm³/mol. The van der Waals surface area contributed by atoms with Crippen molar-refractivity contribution in [2.75, 3.05) is 6.54 Å². The Labute approximate surface area is 115 Å². The molecule has 96 valence electrons. The van der Waals surface area contributed by atoms with Crippen LogP contribution in [0, 0.1) is 0 Å². The second kappa shape index (κ2) is 4.43. The van der Waals surface area contributed by atoms with E-state index in [1.807, 2.05) is 4.52 Å². The van der Waals surface area contributed by atoms with E-state index in [0.717, 1.165) is 24.3 Å². The second-order valence-corrected chi connectivity index (χ2v) is 5.82. The van der Waals surface area contributed by atoms with Crippen LogP contribution in [-0.4, -0.2) is 21.1 Å². The minimum Gasteiger partial charge on any atom is -0.309 e. The first kappa shape index (κ1) is 11.1. The van der Waals surface area contributed by atoms with Gasteiger partial charge < -0.3 is 5.32 Å². The number of aromatic nitrogens is 3. The number of nitrogens with one attached hydrogen (secondary N) is 1. The summed E-state index contributed by atoms with van der Waals surface area (Å²) in [4.78, 5) is 6.71. The van der Waals surface area contributed by atoms with E-state index in [4.69, 9.17) is 0 Å². The lowest BCUT2D eigenvalue weighted by Crippen LogP contribution is -2.30. The summed E-state index contributed by atoms with van der Waals surface area (Å²) < 4.78 is 2.00. The number of rotatable bonds is 2. The molecule has 0 bridgehead atoms. The minimum absolute atomic E-state index is 0.389. The van der Waals surface area contributed by atoms with E-state index in [1.54, 1.807) is 17.7 Å². The molecule has 3 aromatic rings. The van der Waals surface area contributed by atoms with Crippen molar-refractivity contribution in [2.45, 2.75) is 18.9 Å². The third-order valence-corrected chi connectivity index (χ3v) is 4.81. The van der Waals surface area contributed by atoms with Gasteiger partial charge in [0.1, 0.15) is 6.33 Å². The van der Waals surface area contributed by atoms with Crippen LogP contribution in [0.3, 0.4) is 0 Å². The van der Waals surface area contributed by atoms with Crippen molar-refractivity contribution in [1.29, 1.82) is 0 Å². The van der Waals surface area contributed by atoms with Gasteiger partial charge in [0.05, 0.1) is 5.69 Å². The maximum absolute atomic E-state index is 4.32. The average Bonchev–Trinajstić information content (AvgIpc) is 3.01. The van der Waals surface area contributed by atoms with Gasteiger partial charge in [0.2, 0.25) is 4.96 Å². The Morgan fingerprint density at radius 1 is 1.32 bits per heavy atom. The number of hydrogen-bond acceptors (Lipinski definition) is 4. The molecule has 0 saturated heterocycles. The highest BCUT2D eigenvalue weighted by atomic mass is 32.1. The average molecular weight is 270 g/mol. The van der Waals surface area contributed by atoms with E-state index in [1.165, 1.54) is 16.1 Å². The fraction of sp³-hybridized carbons (Fsp3) is 0.286. The second-order valence-electron chi connectivity index (χ2n) is 4.81. The quantitative estimate of drug-likeness (QED) is 0.776. The predicted octanol–water partition coefficient (Wildman–Crippen LogP) is 2.22. The first-order valence-electron chi connectivity index (χ1n) is 6.50. The SMILES string of the molecule is c1ccc(CC2NCCc3c2sc2ncnn32)cc1. The van der Waals surface area contributed by atoms with Crippen LogP contribution in [-0.2, 0) is 12.8 Å². The van der Waals surface area contributed by atoms with E-state index in [0.29, 0.717) is 6.04 Å². The summed E-state index contributed by atoms with van der Waals surface area (Å²) in [7, 11) is 0. The summed E-state index contributed by atoms with van der Waals surface area (Å²) in [6, 6.07) is 11.0. The third-order valence-electron chi connectivity index (χ3n) is 3.61. The summed E-state index contributed by atoms with van der Waals surface area (Å²) in [5, 5.41) is 7.94. The molecule has 0 fully saturated rings. The molecular formula is C14H14N4S. The van der Waals surface area contributed by atoms with Gasteiger partial charge in [-0.05, 0) is 12.0 Å². The van der Waals surface area contributed by atoms with Crippen LogP contribution in [0.1, 0.15) is 22.2 Å². The van der Waals surface area contributed by atoms with Crippen LogP contribution in [0.5, 0.6) is 0 Å². The van der Waals surface area contributed by atoms with Crippen LogP contribution >= 0.6 is 11.3 Å². The van der Waals surface area contributed by atoms with Gasteiger partial charge in [-0.2, -0.15) is 5.10 Å². The van der Waals surface area contributed by atoms with E-state index in [-0.39, 0.29) is 0 Å². The molecule has 4 rings (SSSR count). The van der Waals surface area contributed by atoms with Crippen molar-refractivity contribution in [3.63, 3.8) is 0 Å². The fourth-order valence-corrected chi connectivity index (χ4v) is 3.88. The van der Waals surface area contributed by atoms with Gasteiger partial charge in [0.15, 0.2) is 0 Å². The molecule has 5 heteroatoms. The van der Waals surface area contributed by atoms with Crippen LogP contribution in [0.25, 0.3) is 4.96 Å². The van der Waals surface area contributed by atoms with Gasteiger partial charge in [-0.1, -0.05) is 41.7 Å². The summed E-state index contributed by atoms with van der Waals surface area (Å²) in [5.74, 6) is 0. The highest BCUT2D eigenvalue weighted by Gasteiger charge is 2.25. The molecule has 1 atom stereocenters. The Hall–Kier alpha value is -1.72. The molecule has 1 aromatic carbocycles. The van der Waals surface area contributed by atoms with Gasteiger partial charge >= 0.3 is 0 Å². The summed E-state index contributed by atoms with van der Waals surface area (Å²) in [6.45, 7) is 1.01. The number of benzene rings is 1. The largest absolute Gasteiger partial charge is 0.309 e. The molecular weight excluding hydrogens is 256 g/mol.